The highest BCUT2D eigenvalue weighted by Gasteiger charge is 2.17. The molecule has 0 radical (unpaired) electrons. The van der Waals surface area contributed by atoms with Crippen LogP contribution in [0, 0.1) is 5.92 Å². The topological polar surface area (TPSA) is 59.9 Å². The lowest BCUT2D eigenvalue weighted by molar-refractivity contribution is 0.187. The molecule has 0 saturated carbocycles. The monoisotopic (exact) mass is 346 g/mol. The van der Waals surface area contributed by atoms with Crippen LogP contribution in [0.1, 0.15) is 37.7 Å². The largest absolute Gasteiger partial charge is 0.396 e. The van der Waals surface area contributed by atoms with E-state index in [0.717, 1.165) is 24.0 Å². The van der Waals surface area contributed by atoms with Crippen LogP contribution in [0.3, 0.4) is 0 Å². The second-order valence-electron chi connectivity index (χ2n) is 6.84. The summed E-state index contributed by atoms with van der Waals surface area (Å²) >= 11 is 0. The van der Waals surface area contributed by atoms with Gasteiger partial charge in [0, 0.05) is 26.1 Å². The van der Waals surface area contributed by atoms with Crippen LogP contribution in [0.15, 0.2) is 35.3 Å². The minimum atomic E-state index is 0.0816. The van der Waals surface area contributed by atoms with Crippen molar-refractivity contribution in [1.82, 2.24) is 15.5 Å². The number of nitrogens with zero attached hydrogens (tertiary/aromatic N) is 2. The van der Waals surface area contributed by atoms with Gasteiger partial charge in [0.15, 0.2) is 5.96 Å². The highest BCUT2D eigenvalue weighted by atomic mass is 16.3. The fraction of sp³-hybridized carbons (Fsp3) is 0.650. The summed E-state index contributed by atoms with van der Waals surface area (Å²) in [5.74, 6) is 1.72. The minimum Gasteiger partial charge on any atom is -0.396 e. The average Bonchev–Trinajstić information content (AvgIpc) is 2.68. The zero-order valence-corrected chi connectivity index (χ0v) is 15.7. The number of guanidine groups is 1. The minimum absolute atomic E-state index is 0.0816. The number of rotatable bonds is 8. The van der Waals surface area contributed by atoms with E-state index in [1.165, 1.54) is 38.9 Å². The summed E-state index contributed by atoms with van der Waals surface area (Å²) in [5, 5.41) is 16.4. The summed E-state index contributed by atoms with van der Waals surface area (Å²) in [6, 6.07) is 10.1. The standard InChI is InChI=1S/C20H34N4O/c1-3-24-13-10-17(11-14-24)9-12-22-20(21-2)23-15-19(16-25)18-7-5-4-6-8-18/h4-8,17,19,25H,3,9-16H2,1-2H3,(H2,21,22,23). The first-order valence-corrected chi connectivity index (χ1v) is 9.59. The van der Waals surface area contributed by atoms with Crippen LogP contribution in [-0.2, 0) is 0 Å². The molecule has 1 aromatic carbocycles. The molecule has 1 fully saturated rings. The number of aliphatic hydroxyl groups excluding tert-OH is 1. The van der Waals surface area contributed by atoms with Gasteiger partial charge in [-0.05, 0) is 50.4 Å². The quantitative estimate of drug-likeness (QED) is 0.498. The van der Waals surface area contributed by atoms with Crippen molar-refractivity contribution in [3.63, 3.8) is 0 Å². The Hall–Kier alpha value is -1.59. The number of likely N-dealkylation sites (tertiary alicyclic amines) is 1. The first-order chi connectivity index (χ1) is 12.3. The van der Waals surface area contributed by atoms with Gasteiger partial charge in [-0.25, -0.2) is 0 Å². The third kappa shape index (κ3) is 6.67. The van der Waals surface area contributed by atoms with Crippen molar-refractivity contribution in [3.05, 3.63) is 35.9 Å². The normalized spacial score (nSPS) is 18.1. The van der Waals surface area contributed by atoms with Gasteiger partial charge in [-0.2, -0.15) is 0 Å². The molecule has 3 N–H and O–H groups in total. The van der Waals surface area contributed by atoms with Crippen LogP contribution >= 0.6 is 0 Å². The van der Waals surface area contributed by atoms with Crippen molar-refractivity contribution in [1.29, 1.82) is 0 Å². The molecular weight excluding hydrogens is 312 g/mol. The van der Waals surface area contributed by atoms with Crippen LogP contribution in [0.4, 0.5) is 0 Å². The van der Waals surface area contributed by atoms with Crippen LogP contribution in [0.2, 0.25) is 0 Å². The van der Waals surface area contributed by atoms with E-state index in [9.17, 15) is 5.11 Å². The van der Waals surface area contributed by atoms with Crippen molar-refractivity contribution < 1.29 is 5.11 Å². The Balaban J connectivity index is 1.68. The van der Waals surface area contributed by atoms with E-state index in [0.29, 0.717) is 6.54 Å². The van der Waals surface area contributed by atoms with Crippen LogP contribution < -0.4 is 10.6 Å². The number of benzene rings is 1. The van der Waals surface area contributed by atoms with Gasteiger partial charge in [-0.3, -0.25) is 4.99 Å². The summed E-state index contributed by atoms with van der Waals surface area (Å²) in [5.41, 5.74) is 1.15. The van der Waals surface area contributed by atoms with Gasteiger partial charge in [0.1, 0.15) is 0 Å². The van der Waals surface area contributed by atoms with Crippen molar-refractivity contribution >= 4 is 5.96 Å². The van der Waals surface area contributed by atoms with E-state index in [2.05, 4.69) is 39.6 Å². The van der Waals surface area contributed by atoms with E-state index in [1.807, 2.05) is 18.2 Å². The van der Waals surface area contributed by atoms with Crippen LogP contribution in [-0.4, -0.2) is 62.3 Å². The van der Waals surface area contributed by atoms with E-state index in [1.54, 1.807) is 7.05 Å². The number of nitrogens with one attached hydrogen (secondary N) is 2. The molecule has 0 bridgehead atoms. The first kappa shape index (κ1) is 19.7. The predicted octanol–water partition coefficient (Wildman–Crippen LogP) is 2.05. The molecular formula is C20H34N4O. The van der Waals surface area contributed by atoms with E-state index < -0.39 is 0 Å². The Bertz CT molecular complexity index is 498. The highest BCUT2D eigenvalue weighted by molar-refractivity contribution is 5.79. The van der Waals surface area contributed by atoms with Gasteiger partial charge in [-0.15, -0.1) is 0 Å². The lowest BCUT2D eigenvalue weighted by Gasteiger charge is -2.31. The van der Waals surface area contributed by atoms with Gasteiger partial charge in [0.25, 0.3) is 0 Å². The maximum Gasteiger partial charge on any atom is 0.190 e. The number of hydrogen-bond acceptors (Lipinski definition) is 3. The maximum absolute atomic E-state index is 9.65. The molecule has 25 heavy (non-hydrogen) atoms. The Morgan fingerprint density at radius 1 is 1.24 bits per heavy atom. The molecule has 2 rings (SSSR count). The molecule has 0 spiro atoms. The zero-order valence-electron chi connectivity index (χ0n) is 15.7. The zero-order chi connectivity index (χ0) is 17.9. The van der Waals surface area contributed by atoms with Gasteiger partial charge in [-0.1, -0.05) is 37.3 Å². The van der Waals surface area contributed by atoms with Crippen LogP contribution in [0.5, 0.6) is 0 Å². The van der Waals surface area contributed by atoms with E-state index in [-0.39, 0.29) is 12.5 Å². The smallest absolute Gasteiger partial charge is 0.190 e. The van der Waals surface area contributed by atoms with Gasteiger partial charge in [0.05, 0.1) is 6.61 Å². The molecule has 1 aliphatic heterocycles. The molecule has 1 saturated heterocycles. The number of hydrogen-bond donors (Lipinski definition) is 3. The molecule has 5 nitrogen and oxygen atoms in total. The Kier molecular flexibility index (Phi) is 8.77. The highest BCUT2D eigenvalue weighted by Crippen LogP contribution is 2.19. The summed E-state index contributed by atoms with van der Waals surface area (Å²) < 4.78 is 0. The fourth-order valence-corrected chi connectivity index (χ4v) is 3.44. The molecule has 0 amide bonds. The second kappa shape index (κ2) is 11.1. The number of aliphatic hydroxyl groups is 1. The molecule has 1 aromatic rings. The summed E-state index contributed by atoms with van der Waals surface area (Å²) in [6.45, 7) is 7.65. The van der Waals surface area contributed by atoms with Crippen molar-refractivity contribution in [2.75, 3.05) is 46.4 Å². The molecule has 1 heterocycles. The Morgan fingerprint density at radius 2 is 1.96 bits per heavy atom. The van der Waals surface area contributed by atoms with Gasteiger partial charge >= 0.3 is 0 Å². The molecule has 1 aliphatic rings. The fourth-order valence-electron chi connectivity index (χ4n) is 3.44. The summed E-state index contributed by atoms with van der Waals surface area (Å²) in [7, 11) is 1.80. The third-order valence-electron chi connectivity index (χ3n) is 5.23. The van der Waals surface area contributed by atoms with E-state index in [4.69, 9.17) is 0 Å². The van der Waals surface area contributed by atoms with Crippen LogP contribution in [0.25, 0.3) is 0 Å². The van der Waals surface area contributed by atoms with Gasteiger partial charge < -0.3 is 20.6 Å². The SMILES string of the molecule is CCN1CCC(CCNC(=NC)NCC(CO)c2ccccc2)CC1. The Morgan fingerprint density at radius 3 is 2.56 bits per heavy atom. The van der Waals surface area contributed by atoms with E-state index >= 15 is 0 Å². The molecule has 1 atom stereocenters. The molecule has 1 unspecified atom stereocenters. The molecule has 140 valence electrons. The first-order valence-electron chi connectivity index (χ1n) is 9.59. The lowest BCUT2D eigenvalue weighted by Crippen LogP contribution is -2.41. The third-order valence-corrected chi connectivity index (χ3v) is 5.23. The van der Waals surface area contributed by atoms with Crippen molar-refractivity contribution in [2.24, 2.45) is 10.9 Å². The summed E-state index contributed by atoms with van der Waals surface area (Å²) in [6.07, 6.45) is 3.81. The maximum atomic E-state index is 9.65. The predicted molar refractivity (Wildman–Crippen MR) is 105 cm³/mol. The molecule has 0 aromatic heterocycles. The molecule has 0 aliphatic carbocycles. The average molecular weight is 347 g/mol. The Labute approximate surface area is 152 Å². The number of piperidine rings is 1. The lowest BCUT2D eigenvalue weighted by atomic mass is 9.93. The molecule has 5 heteroatoms. The summed E-state index contributed by atoms with van der Waals surface area (Å²) in [4.78, 5) is 6.83. The number of aliphatic imine (C=N–C) groups is 1. The van der Waals surface area contributed by atoms with Crippen molar-refractivity contribution in [2.45, 2.75) is 32.1 Å². The van der Waals surface area contributed by atoms with Gasteiger partial charge in [0.2, 0.25) is 0 Å². The second-order valence-corrected chi connectivity index (χ2v) is 6.84. The van der Waals surface area contributed by atoms with Crippen molar-refractivity contribution in [3.8, 4) is 0 Å².